The van der Waals surface area contributed by atoms with Crippen molar-refractivity contribution in [2.24, 2.45) is 0 Å². The number of aryl methyl sites for hydroxylation is 1. The van der Waals surface area contributed by atoms with Crippen LogP contribution < -0.4 is 10.2 Å². The Labute approximate surface area is 137 Å². The lowest BCUT2D eigenvalue weighted by molar-refractivity contribution is 0.380. The smallest absolute Gasteiger partial charge is 0.169 e. The summed E-state index contributed by atoms with van der Waals surface area (Å²) in [5.74, 6) is 1.07. The van der Waals surface area contributed by atoms with Crippen LogP contribution in [0.5, 0.6) is 0 Å². The fraction of sp³-hybridized carbons (Fsp3) is 0.412. The molecule has 1 N–H and O–H groups in total. The highest BCUT2D eigenvalue weighted by molar-refractivity contribution is 7.80. The molecule has 1 aliphatic rings. The van der Waals surface area contributed by atoms with E-state index in [1.807, 2.05) is 6.07 Å². The summed E-state index contributed by atoms with van der Waals surface area (Å²) in [4.78, 5) is 9.42. The van der Waals surface area contributed by atoms with Crippen molar-refractivity contribution in [3.8, 4) is 0 Å². The van der Waals surface area contributed by atoms with E-state index in [4.69, 9.17) is 17.2 Å². The van der Waals surface area contributed by atoms with E-state index in [9.17, 15) is 0 Å². The minimum Gasteiger partial charge on any atom is -0.363 e. The summed E-state index contributed by atoms with van der Waals surface area (Å²) >= 11 is 5.39. The lowest BCUT2D eigenvalue weighted by Gasteiger charge is -2.37. The van der Waals surface area contributed by atoms with Crippen LogP contribution in [0.4, 0.5) is 5.82 Å². The molecule has 1 fully saturated rings. The molecule has 22 heavy (non-hydrogen) atoms. The fourth-order valence-electron chi connectivity index (χ4n) is 2.90. The second-order valence-electron chi connectivity index (χ2n) is 5.62. The van der Waals surface area contributed by atoms with Gasteiger partial charge in [0.25, 0.3) is 0 Å². The highest BCUT2D eigenvalue weighted by Crippen LogP contribution is 2.23. The Morgan fingerprint density at radius 3 is 2.68 bits per heavy atom. The third-order valence-corrected chi connectivity index (χ3v) is 4.53. The first-order valence-corrected chi connectivity index (χ1v) is 8.24. The zero-order chi connectivity index (χ0) is 15.5. The second kappa shape index (κ2) is 6.48. The molecule has 0 amide bonds. The predicted molar refractivity (Wildman–Crippen MR) is 96.5 cm³/mol. The van der Waals surface area contributed by atoms with Gasteiger partial charge in [-0.15, -0.1) is 0 Å². The van der Waals surface area contributed by atoms with Gasteiger partial charge in [-0.05, 0) is 43.8 Å². The van der Waals surface area contributed by atoms with E-state index in [2.05, 4.69) is 53.2 Å². The molecule has 0 bridgehead atoms. The number of anilines is 1. The molecule has 0 radical (unpaired) electrons. The van der Waals surface area contributed by atoms with Crippen LogP contribution in [0.1, 0.15) is 12.5 Å². The maximum atomic E-state index is 5.39. The molecule has 4 nitrogen and oxygen atoms in total. The molecular weight excluding hydrogens is 292 g/mol. The summed E-state index contributed by atoms with van der Waals surface area (Å²) < 4.78 is 0. The molecule has 0 aliphatic carbocycles. The van der Waals surface area contributed by atoms with Gasteiger partial charge in [-0.1, -0.05) is 18.2 Å². The SMILES string of the molecule is CCNC(=S)N1CCN(c2cc(C)c3ccccc3n2)CC1. The van der Waals surface area contributed by atoms with E-state index < -0.39 is 0 Å². The van der Waals surface area contributed by atoms with Crippen LogP contribution in [-0.2, 0) is 0 Å². The topological polar surface area (TPSA) is 31.4 Å². The van der Waals surface area contributed by atoms with E-state index in [0.29, 0.717) is 0 Å². The van der Waals surface area contributed by atoms with Crippen LogP contribution in [0.15, 0.2) is 30.3 Å². The molecule has 3 rings (SSSR count). The zero-order valence-electron chi connectivity index (χ0n) is 13.2. The number of thiocarbonyl (C=S) groups is 1. The normalized spacial score (nSPS) is 15.2. The Morgan fingerprint density at radius 2 is 1.95 bits per heavy atom. The molecular formula is C17H22N4S. The number of hydrogen-bond acceptors (Lipinski definition) is 3. The summed E-state index contributed by atoms with van der Waals surface area (Å²) in [6, 6.07) is 10.5. The van der Waals surface area contributed by atoms with E-state index in [-0.39, 0.29) is 0 Å². The molecule has 1 saturated heterocycles. The molecule has 0 unspecified atom stereocenters. The molecule has 5 heteroatoms. The predicted octanol–water partition coefficient (Wildman–Crippen LogP) is 2.56. The van der Waals surface area contributed by atoms with Gasteiger partial charge in [-0.2, -0.15) is 0 Å². The van der Waals surface area contributed by atoms with Crippen LogP contribution in [0.2, 0.25) is 0 Å². The monoisotopic (exact) mass is 314 g/mol. The Morgan fingerprint density at radius 1 is 1.23 bits per heavy atom. The largest absolute Gasteiger partial charge is 0.363 e. The van der Waals surface area contributed by atoms with Crippen molar-refractivity contribution >= 4 is 34.1 Å². The van der Waals surface area contributed by atoms with Crippen molar-refractivity contribution in [1.82, 2.24) is 15.2 Å². The number of pyridine rings is 1. The summed E-state index contributed by atoms with van der Waals surface area (Å²) in [6.07, 6.45) is 0. The summed E-state index contributed by atoms with van der Waals surface area (Å²) in [7, 11) is 0. The Balaban J connectivity index is 1.75. The van der Waals surface area contributed by atoms with Crippen molar-refractivity contribution in [3.63, 3.8) is 0 Å². The standard InChI is InChI=1S/C17H22N4S/c1-3-18-17(22)21-10-8-20(9-11-21)16-12-13(2)14-6-4-5-7-15(14)19-16/h4-7,12H,3,8-11H2,1-2H3,(H,18,22). The molecule has 0 spiro atoms. The van der Waals surface area contributed by atoms with E-state index in [1.165, 1.54) is 10.9 Å². The minimum absolute atomic E-state index is 0.866. The molecule has 2 heterocycles. The molecule has 2 aromatic rings. The molecule has 1 aromatic heterocycles. The lowest BCUT2D eigenvalue weighted by Crippen LogP contribution is -2.51. The van der Waals surface area contributed by atoms with Gasteiger partial charge in [0.05, 0.1) is 5.52 Å². The maximum absolute atomic E-state index is 5.39. The molecule has 1 aliphatic heterocycles. The van der Waals surface area contributed by atoms with Crippen LogP contribution in [0.25, 0.3) is 10.9 Å². The Kier molecular flexibility index (Phi) is 4.43. The van der Waals surface area contributed by atoms with Gasteiger partial charge < -0.3 is 15.1 Å². The first-order chi connectivity index (χ1) is 10.7. The van der Waals surface area contributed by atoms with Gasteiger partial charge in [-0.3, -0.25) is 0 Å². The number of rotatable bonds is 2. The van der Waals surface area contributed by atoms with Gasteiger partial charge in [0.15, 0.2) is 5.11 Å². The molecule has 1 aromatic carbocycles. The zero-order valence-corrected chi connectivity index (χ0v) is 14.0. The van der Waals surface area contributed by atoms with Gasteiger partial charge in [0, 0.05) is 38.1 Å². The lowest BCUT2D eigenvalue weighted by atomic mass is 10.1. The number of nitrogens with one attached hydrogen (secondary N) is 1. The summed E-state index contributed by atoms with van der Waals surface area (Å²) in [6.45, 7) is 8.91. The van der Waals surface area contributed by atoms with Crippen molar-refractivity contribution < 1.29 is 0 Å². The van der Waals surface area contributed by atoms with E-state index in [0.717, 1.165) is 49.2 Å². The third kappa shape index (κ3) is 2.99. The van der Waals surface area contributed by atoms with Crippen molar-refractivity contribution in [3.05, 3.63) is 35.9 Å². The number of nitrogens with zero attached hydrogens (tertiary/aromatic N) is 3. The number of hydrogen-bond donors (Lipinski definition) is 1. The molecule has 116 valence electrons. The Bertz CT molecular complexity index is 677. The van der Waals surface area contributed by atoms with Crippen molar-refractivity contribution in [2.75, 3.05) is 37.6 Å². The second-order valence-corrected chi connectivity index (χ2v) is 6.01. The third-order valence-electron chi connectivity index (χ3n) is 4.13. The van der Waals surface area contributed by atoms with Crippen LogP contribution in [0.3, 0.4) is 0 Å². The van der Waals surface area contributed by atoms with E-state index >= 15 is 0 Å². The minimum atomic E-state index is 0.866. The van der Waals surface area contributed by atoms with Crippen molar-refractivity contribution in [2.45, 2.75) is 13.8 Å². The molecule has 0 saturated carbocycles. The van der Waals surface area contributed by atoms with Gasteiger partial charge in [-0.25, -0.2) is 4.98 Å². The van der Waals surface area contributed by atoms with Gasteiger partial charge >= 0.3 is 0 Å². The maximum Gasteiger partial charge on any atom is 0.169 e. The number of fused-ring (bicyclic) bond motifs is 1. The Hall–Kier alpha value is -1.88. The number of aromatic nitrogens is 1. The van der Waals surface area contributed by atoms with Gasteiger partial charge in [0.2, 0.25) is 0 Å². The quantitative estimate of drug-likeness (QED) is 0.861. The number of para-hydroxylation sites is 1. The number of piperazine rings is 1. The first kappa shape index (κ1) is 15.0. The summed E-state index contributed by atoms with van der Waals surface area (Å²) in [5, 5.41) is 5.33. The average molecular weight is 314 g/mol. The van der Waals surface area contributed by atoms with E-state index in [1.54, 1.807) is 0 Å². The van der Waals surface area contributed by atoms with Crippen LogP contribution >= 0.6 is 12.2 Å². The van der Waals surface area contributed by atoms with Gasteiger partial charge in [0.1, 0.15) is 5.82 Å². The molecule has 0 atom stereocenters. The highest BCUT2D eigenvalue weighted by Gasteiger charge is 2.20. The summed E-state index contributed by atoms with van der Waals surface area (Å²) in [5.41, 5.74) is 2.36. The van der Waals surface area contributed by atoms with Crippen LogP contribution in [-0.4, -0.2) is 47.7 Å². The highest BCUT2D eigenvalue weighted by atomic mass is 32.1. The first-order valence-electron chi connectivity index (χ1n) is 7.83. The van der Waals surface area contributed by atoms with Crippen LogP contribution in [0, 0.1) is 6.92 Å². The van der Waals surface area contributed by atoms with Crippen molar-refractivity contribution in [1.29, 1.82) is 0 Å². The average Bonchev–Trinajstić information content (AvgIpc) is 2.55. The fourth-order valence-corrected chi connectivity index (χ4v) is 3.22. The number of benzene rings is 1.